The molecule has 0 saturated carbocycles. The molecule has 3 heterocycles. The molecule has 1 fully saturated rings. The number of pyridine rings is 1. The molecule has 1 saturated heterocycles. The number of anilines is 1. The number of hydrogen-bond acceptors (Lipinski definition) is 7. The van der Waals surface area contributed by atoms with Crippen molar-refractivity contribution in [1.82, 2.24) is 10.3 Å². The highest BCUT2D eigenvalue weighted by atomic mass is 32.2. The van der Waals surface area contributed by atoms with Gasteiger partial charge in [-0.25, -0.2) is 4.99 Å². The van der Waals surface area contributed by atoms with E-state index >= 15 is 0 Å². The van der Waals surface area contributed by atoms with Gasteiger partial charge in [0.2, 0.25) is 0 Å². The second-order valence-corrected chi connectivity index (χ2v) is 8.36. The van der Waals surface area contributed by atoms with Crippen LogP contribution in [0, 0.1) is 0 Å². The minimum atomic E-state index is 0.197. The molecule has 0 spiro atoms. The first kappa shape index (κ1) is 22.0. The fourth-order valence-corrected chi connectivity index (χ4v) is 4.18. The first-order valence-electron chi connectivity index (χ1n) is 10.7. The van der Waals surface area contributed by atoms with E-state index in [0.29, 0.717) is 0 Å². The highest BCUT2D eigenvalue weighted by Gasteiger charge is 2.20. The molecule has 0 amide bonds. The zero-order valence-electron chi connectivity index (χ0n) is 18.1. The van der Waals surface area contributed by atoms with Crippen molar-refractivity contribution in [2.75, 3.05) is 17.8 Å². The number of aliphatic imine (C=N–C) groups is 2. The van der Waals surface area contributed by atoms with Crippen molar-refractivity contribution in [2.24, 2.45) is 9.98 Å². The van der Waals surface area contributed by atoms with Gasteiger partial charge in [-0.05, 0) is 75.2 Å². The fraction of sp³-hybridized carbons (Fsp3) is 0.240. The van der Waals surface area contributed by atoms with Gasteiger partial charge >= 0.3 is 0 Å². The van der Waals surface area contributed by atoms with Gasteiger partial charge in [0.15, 0.2) is 0 Å². The quantitative estimate of drug-likeness (QED) is 0.456. The molecule has 2 aliphatic rings. The predicted octanol–water partition coefficient (Wildman–Crippen LogP) is 5.14. The second kappa shape index (κ2) is 10.9. The Morgan fingerprint density at radius 3 is 2.81 bits per heavy atom. The molecule has 2 N–H and O–H groups in total. The zero-order chi connectivity index (χ0) is 22.2. The van der Waals surface area contributed by atoms with Crippen LogP contribution in [0.25, 0.3) is 0 Å². The molecule has 1 aromatic heterocycles. The number of benzene rings is 1. The van der Waals surface area contributed by atoms with Crippen molar-refractivity contribution in [2.45, 2.75) is 30.8 Å². The SMILES string of the molecule is C=CN=C1C=CC(c2cncc(NSc3ccccc3)c2)=N/C1=C(/C)OC1CCNCC1. The molecule has 164 valence electrons. The normalized spacial score (nSPS) is 19.4. The molecular formula is C25H27N5OS. The third-order valence-electron chi connectivity index (χ3n) is 5.13. The average Bonchev–Trinajstić information content (AvgIpc) is 2.84. The third kappa shape index (κ3) is 5.75. The van der Waals surface area contributed by atoms with Crippen LogP contribution in [0.4, 0.5) is 5.69 Å². The van der Waals surface area contributed by atoms with Crippen molar-refractivity contribution in [3.63, 3.8) is 0 Å². The summed E-state index contributed by atoms with van der Waals surface area (Å²) in [7, 11) is 0. The van der Waals surface area contributed by atoms with E-state index in [1.54, 1.807) is 18.1 Å². The van der Waals surface area contributed by atoms with E-state index < -0.39 is 0 Å². The number of nitrogens with one attached hydrogen (secondary N) is 2. The number of rotatable bonds is 7. The van der Waals surface area contributed by atoms with Crippen molar-refractivity contribution < 1.29 is 4.74 Å². The van der Waals surface area contributed by atoms with Crippen LogP contribution >= 0.6 is 11.9 Å². The Balaban J connectivity index is 1.56. The lowest BCUT2D eigenvalue weighted by molar-refractivity contribution is 0.0881. The number of piperidine rings is 1. The van der Waals surface area contributed by atoms with E-state index in [-0.39, 0.29) is 6.10 Å². The summed E-state index contributed by atoms with van der Waals surface area (Å²) < 4.78 is 9.61. The van der Waals surface area contributed by atoms with E-state index in [0.717, 1.165) is 65.0 Å². The van der Waals surface area contributed by atoms with Gasteiger partial charge in [-0.2, -0.15) is 0 Å². The minimum Gasteiger partial charge on any atom is -0.493 e. The summed E-state index contributed by atoms with van der Waals surface area (Å²) in [5, 5.41) is 3.36. The largest absolute Gasteiger partial charge is 0.493 e. The number of ether oxygens (including phenoxy) is 1. The Morgan fingerprint density at radius 1 is 1.22 bits per heavy atom. The Hall–Kier alpha value is -3.16. The van der Waals surface area contributed by atoms with Gasteiger partial charge in [0, 0.05) is 22.9 Å². The summed E-state index contributed by atoms with van der Waals surface area (Å²) in [6.07, 6.45) is 11.2. The van der Waals surface area contributed by atoms with Crippen molar-refractivity contribution in [1.29, 1.82) is 0 Å². The van der Waals surface area contributed by atoms with E-state index in [4.69, 9.17) is 9.73 Å². The number of dihydropyridines is 1. The molecular weight excluding hydrogens is 418 g/mol. The van der Waals surface area contributed by atoms with Crippen LogP contribution in [0.3, 0.4) is 0 Å². The minimum absolute atomic E-state index is 0.197. The van der Waals surface area contributed by atoms with Gasteiger partial charge in [-0.3, -0.25) is 9.98 Å². The number of nitrogens with zero attached hydrogens (tertiary/aromatic N) is 3. The highest BCUT2D eigenvalue weighted by molar-refractivity contribution is 8.00. The fourth-order valence-electron chi connectivity index (χ4n) is 3.54. The standard InChI is InChI=1S/C25H27N5OS/c1-3-28-24-10-9-23(29-25(24)18(2)31-21-11-13-26-14-12-21)19-15-20(17-27-16-19)30-32-22-7-5-4-6-8-22/h3-10,15-17,21,26,30H,1,11-14H2,2H3/b25-18-,28-24?. The van der Waals surface area contributed by atoms with Gasteiger partial charge in [0.25, 0.3) is 0 Å². The first-order chi connectivity index (χ1) is 15.7. The molecule has 32 heavy (non-hydrogen) atoms. The van der Waals surface area contributed by atoms with Gasteiger partial charge in [0.1, 0.15) is 17.6 Å². The molecule has 0 aliphatic carbocycles. The lowest BCUT2D eigenvalue weighted by atomic mass is 10.1. The molecule has 0 unspecified atom stereocenters. The predicted molar refractivity (Wildman–Crippen MR) is 133 cm³/mol. The summed E-state index contributed by atoms with van der Waals surface area (Å²) in [6.45, 7) is 7.65. The van der Waals surface area contributed by atoms with Gasteiger partial charge in [-0.15, -0.1) is 0 Å². The van der Waals surface area contributed by atoms with Crippen LogP contribution in [0.1, 0.15) is 25.3 Å². The lowest BCUT2D eigenvalue weighted by Crippen LogP contribution is -2.32. The van der Waals surface area contributed by atoms with Crippen LogP contribution in [0.5, 0.6) is 0 Å². The van der Waals surface area contributed by atoms with E-state index in [1.807, 2.05) is 49.5 Å². The Labute approximate surface area is 193 Å². The Bertz CT molecular complexity index is 1070. The number of aromatic nitrogens is 1. The number of hydrogen-bond donors (Lipinski definition) is 2. The maximum absolute atomic E-state index is 6.26. The Kier molecular flexibility index (Phi) is 7.53. The zero-order valence-corrected chi connectivity index (χ0v) is 18.9. The topological polar surface area (TPSA) is 70.9 Å². The van der Waals surface area contributed by atoms with E-state index in [2.05, 4.69) is 38.7 Å². The van der Waals surface area contributed by atoms with Crippen molar-refractivity contribution in [3.05, 3.63) is 90.7 Å². The summed E-state index contributed by atoms with van der Waals surface area (Å²) in [5.41, 5.74) is 4.13. The molecule has 6 nitrogen and oxygen atoms in total. The second-order valence-electron chi connectivity index (χ2n) is 7.48. The average molecular weight is 446 g/mol. The monoisotopic (exact) mass is 445 g/mol. The maximum atomic E-state index is 6.26. The first-order valence-corrected chi connectivity index (χ1v) is 11.5. The third-order valence-corrected chi connectivity index (χ3v) is 5.98. The molecule has 7 heteroatoms. The summed E-state index contributed by atoms with van der Waals surface area (Å²) in [5.74, 6) is 0.779. The molecule has 1 aromatic carbocycles. The van der Waals surface area contributed by atoms with Gasteiger partial charge < -0.3 is 14.8 Å². The van der Waals surface area contributed by atoms with Crippen LogP contribution < -0.4 is 10.0 Å². The summed E-state index contributed by atoms with van der Waals surface area (Å²) in [4.78, 5) is 14.8. The number of allylic oxidation sites excluding steroid dienone is 3. The smallest absolute Gasteiger partial charge is 0.127 e. The summed E-state index contributed by atoms with van der Waals surface area (Å²) in [6, 6.07) is 12.2. The van der Waals surface area contributed by atoms with Crippen LogP contribution in [-0.2, 0) is 4.74 Å². The van der Waals surface area contributed by atoms with Crippen molar-refractivity contribution in [3.8, 4) is 0 Å². The molecule has 0 radical (unpaired) electrons. The van der Waals surface area contributed by atoms with Crippen LogP contribution in [0.15, 0.2) is 100 Å². The molecule has 2 aromatic rings. The highest BCUT2D eigenvalue weighted by Crippen LogP contribution is 2.24. The maximum Gasteiger partial charge on any atom is 0.127 e. The van der Waals surface area contributed by atoms with E-state index in [9.17, 15) is 0 Å². The molecule has 0 atom stereocenters. The van der Waals surface area contributed by atoms with Gasteiger partial charge in [0.05, 0.1) is 23.3 Å². The van der Waals surface area contributed by atoms with Crippen molar-refractivity contribution >= 4 is 29.1 Å². The molecule has 2 aliphatic heterocycles. The van der Waals surface area contributed by atoms with Crippen LogP contribution in [0.2, 0.25) is 0 Å². The van der Waals surface area contributed by atoms with Gasteiger partial charge in [-0.1, -0.05) is 24.8 Å². The molecule has 0 bridgehead atoms. The van der Waals surface area contributed by atoms with E-state index in [1.165, 1.54) is 6.20 Å². The lowest BCUT2D eigenvalue weighted by Gasteiger charge is -2.25. The summed E-state index contributed by atoms with van der Waals surface area (Å²) >= 11 is 1.55. The Morgan fingerprint density at radius 2 is 2.03 bits per heavy atom. The molecule has 4 rings (SSSR count). The van der Waals surface area contributed by atoms with Crippen LogP contribution in [-0.4, -0.2) is 35.6 Å².